The summed E-state index contributed by atoms with van der Waals surface area (Å²) in [5.74, 6) is 0. The zero-order valence-corrected chi connectivity index (χ0v) is 31.5. The van der Waals surface area contributed by atoms with E-state index in [1.165, 1.54) is 82.4 Å². The van der Waals surface area contributed by atoms with E-state index in [0.717, 1.165) is 6.42 Å². The van der Waals surface area contributed by atoms with Crippen LogP contribution in [0.15, 0.2) is 109 Å². The smallest absolute Gasteiger partial charge is 0.109 e. The zero-order valence-electron chi connectivity index (χ0n) is 27.4. The van der Waals surface area contributed by atoms with Crippen LogP contribution >= 0.6 is 24.8 Å². The number of aryl methyl sites for hydroxylation is 2. The van der Waals surface area contributed by atoms with Crippen LogP contribution in [-0.2, 0) is 35.1 Å². The molecule has 228 valence electrons. The third-order valence-corrected chi connectivity index (χ3v) is 9.06. The number of benzene rings is 4. The Morgan fingerprint density at radius 1 is 0.659 bits per heavy atom. The van der Waals surface area contributed by atoms with Gasteiger partial charge in [-0.2, -0.15) is 6.08 Å². The minimum atomic E-state index is 0. The molecule has 0 radical (unpaired) electrons. The van der Waals surface area contributed by atoms with E-state index in [9.17, 15) is 0 Å². The average molecular weight is 701 g/mol. The Morgan fingerprint density at radius 2 is 1.11 bits per heavy atom. The summed E-state index contributed by atoms with van der Waals surface area (Å²) in [5.41, 5.74) is 8.55. The number of halogens is 2. The van der Waals surface area contributed by atoms with Crippen LogP contribution in [0.1, 0.15) is 81.3 Å². The van der Waals surface area contributed by atoms with Gasteiger partial charge in [-0.25, -0.2) is 12.2 Å². The molecule has 0 saturated heterocycles. The third-order valence-electron chi connectivity index (χ3n) is 7.64. The molecular weight excluding hydrogens is 655 g/mol. The molecule has 0 bridgehead atoms. The van der Waals surface area contributed by atoms with Crippen molar-refractivity contribution in [1.29, 1.82) is 0 Å². The van der Waals surface area contributed by atoms with E-state index < -0.39 is 0 Å². The standard InChI is InChI=1S/C21H25.C15H14.C5H5.2ClH.Zr/c1-20(2,3)16-9-7-14-11-15-8-10-17(21(4,5)6)13-19(15)18(14)12-16;1-12-5-3-7-14(9-12)11-15-8-4-6-13(2)10-15;1-2-4-5-3-1;;;/h7-13H,1-6H3;3-10H,1-2H3;1-3H,4H2;2*1H;/q-1;;-1;;;+2. The summed E-state index contributed by atoms with van der Waals surface area (Å²) in [7, 11) is 0. The van der Waals surface area contributed by atoms with Gasteiger partial charge in [0.05, 0.1) is 0 Å². The van der Waals surface area contributed by atoms with Crippen molar-refractivity contribution in [3.63, 3.8) is 0 Å². The van der Waals surface area contributed by atoms with E-state index in [1.807, 2.05) is 12.2 Å². The molecule has 0 heterocycles. The van der Waals surface area contributed by atoms with Crippen LogP contribution in [0.3, 0.4) is 0 Å². The SMILES string of the molecule is CC(C)(C)c1ccc2[cH-]c3ccc(C(C)(C)C)cc3c2c1.Cc1cccc([C](=[Zr+2])c2cccc(C)c2)c1.Cl.Cl.[C-]1=CC=CC1. The van der Waals surface area contributed by atoms with Crippen molar-refractivity contribution in [3.05, 3.63) is 149 Å². The quantitative estimate of drug-likeness (QED) is 0.161. The van der Waals surface area contributed by atoms with Gasteiger partial charge in [0.25, 0.3) is 0 Å². The predicted molar refractivity (Wildman–Crippen MR) is 196 cm³/mol. The summed E-state index contributed by atoms with van der Waals surface area (Å²) in [4.78, 5) is 0. The first-order valence-corrected chi connectivity index (χ1v) is 16.1. The van der Waals surface area contributed by atoms with E-state index in [2.05, 4.69) is 159 Å². The van der Waals surface area contributed by atoms with Crippen molar-refractivity contribution in [2.45, 2.75) is 72.6 Å². The first-order chi connectivity index (χ1) is 19.8. The Balaban J connectivity index is 0.000000260. The topological polar surface area (TPSA) is 0 Å². The molecule has 6 rings (SSSR count). The second kappa shape index (κ2) is 16.2. The monoisotopic (exact) mass is 698 g/mol. The zero-order chi connectivity index (χ0) is 30.5. The summed E-state index contributed by atoms with van der Waals surface area (Å²) in [6.45, 7) is 17.9. The first kappa shape index (κ1) is 37.7. The molecule has 44 heavy (non-hydrogen) atoms. The Hall–Kier alpha value is -2.44. The minimum Gasteiger partial charge on any atom is -0.273 e. The molecule has 1 aliphatic rings. The van der Waals surface area contributed by atoms with Crippen LogP contribution in [0, 0.1) is 19.9 Å². The van der Waals surface area contributed by atoms with Crippen molar-refractivity contribution >= 4 is 49.6 Å². The number of hydrogen-bond acceptors (Lipinski definition) is 0. The molecule has 0 atom stereocenters. The van der Waals surface area contributed by atoms with Crippen molar-refractivity contribution in [3.8, 4) is 0 Å². The van der Waals surface area contributed by atoms with Crippen molar-refractivity contribution in [2.75, 3.05) is 0 Å². The fraction of sp³-hybridized carbons (Fsp3) is 0.268. The van der Waals surface area contributed by atoms with Gasteiger partial charge in [-0.05, 0) is 10.8 Å². The maximum atomic E-state index is 2.99. The van der Waals surface area contributed by atoms with Gasteiger partial charge in [-0.1, -0.05) is 76.9 Å². The Labute approximate surface area is 293 Å². The molecule has 0 unspecified atom stereocenters. The molecule has 5 aromatic rings. The van der Waals surface area contributed by atoms with E-state index in [4.69, 9.17) is 0 Å². The fourth-order valence-corrected chi connectivity index (χ4v) is 5.80. The van der Waals surface area contributed by atoms with Gasteiger partial charge in [0.1, 0.15) is 0 Å². The van der Waals surface area contributed by atoms with Crippen LogP contribution in [-0.4, -0.2) is 3.21 Å². The number of allylic oxidation sites excluding steroid dienone is 4. The van der Waals surface area contributed by atoms with Gasteiger partial charge in [0.15, 0.2) is 0 Å². The molecule has 0 saturated carbocycles. The molecule has 0 nitrogen and oxygen atoms in total. The summed E-state index contributed by atoms with van der Waals surface area (Å²) in [6.07, 6.45) is 10.0. The van der Waals surface area contributed by atoms with Gasteiger partial charge in [-0.15, -0.1) is 71.0 Å². The van der Waals surface area contributed by atoms with E-state index in [-0.39, 0.29) is 35.6 Å². The van der Waals surface area contributed by atoms with Gasteiger partial charge < -0.3 is 0 Å². The van der Waals surface area contributed by atoms with Crippen LogP contribution < -0.4 is 0 Å². The van der Waals surface area contributed by atoms with Gasteiger partial charge >= 0.3 is 112 Å². The van der Waals surface area contributed by atoms with Gasteiger partial charge in [0.2, 0.25) is 0 Å². The maximum absolute atomic E-state index is 2.99. The molecule has 1 aliphatic carbocycles. The van der Waals surface area contributed by atoms with E-state index >= 15 is 0 Å². The van der Waals surface area contributed by atoms with Crippen LogP contribution in [0.25, 0.3) is 21.5 Å². The third kappa shape index (κ3) is 10.0. The van der Waals surface area contributed by atoms with Crippen LogP contribution in [0.4, 0.5) is 0 Å². The molecule has 0 N–H and O–H groups in total. The second-order valence-corrected chi connectivity index (χ2v) is 14.6. The molecule has 0 aliphatic heterocycles. The normalized spacial score (nSPS) is 12.0. The number of hydrogen-bond donors (Lipinski definition) is 0. The van der Waals surface area contributed by atoms with Crippen molar-refractivity contribution < 1.29 is 24.2 Å². The predicted octanol–water partition coefficient (Wildman–Crippen LogP) is 11.9. The summed E-state index contributed by atoms with van der Waals surface area (Å²) in [5, 5.41) is 5.49. The summed E-state index contributed by atoms with van der Waals surface area (Å²) < 4.78 is 1.43. The first-order valence-electron chi connectivity index (χ1n) is 14.9. The number of rotatable bonds is 2. The van der Waals surface area contributed by atoms with E-state index in [1.54, 1.807) is 0 Å². The van der Waals surface area contributed by atoms with Crippen molar-refractivity contribution in [1.82, 2.24) is 0 Å². The minimum absolute atomic E-state index is 0. The average Bonchev–Trinajstić information content (AvgIpc) is 3.63. The summed E-state index contributed by atoms with van der Waals surface area (Å²) >= 11 is 1.47. The molecular formula is C41H46Cl2Zr. The molecule has 5 aromatic carbocycles. The number of fused-ring (bicyclic) bond motifs is 3. The second-order valence-electron chi connectivity index (χ2n) is 13.4. The van der Waals surface area contributed by atoms with Gasteiger partial charge in [-0.3, -0.25) is 6.08 Å². The fourth-order valence-electron chi connectivity index (χ4n) is 5.04. The largest absolute Gasteiger partial charge is 0.273 e. The van der Waals surface area contributed by atoms with E-state index in [0.29, 0.717) is 0 Å². The van der Waals surface area contributed by atoms with Crippen molar-refractivity contribution in [2.24, 2.45) is 0 Å². The summed E-state index contributed by atoms with van der Waals surface area (Å²) in [6, 6.07) is 33.6. The van der Waals surface area contributed by atoms with Crippen LogP contribution in [0.5, 0.6) is 0 Å². The molecule has 0 amide bonds. The molecule has 0 spiro atoms. The Morgan fingerprint density at radius 3 is 1.43 bits per heavy atom. The Bertz CT molecular complexity index is 1630. The van der Waals surface area contributed by atoms with Crippen LogP contribution in [0.2, 0.25) is 0 Å². The maximum Gasteiger partial charge on any atom is -0.109 e. The molecule has 3 heteroatoms. The Kier molecular flexibility index (Phi) is 13.9. The van der Waals surface area contributed by atoms with Gasteiger partial charge in [0, 0.05) is 0 Å². The molecule has 0 fully saturated rings. The molecule has 0 aromatic heterocycles.